The second-order valence-electron chi connectivity index (χ2n) is 13.4. The first-order valence-electron chi connectivity index (χ1n) is 15.1. The lowest BCUT2D eigenvalue weighted by atomic mass is 9.44. The van der Waals surface area contributed by atoms with Crippen LogP contribution < -0.4 is 0 Å². The van der Waals surface area contributed by atoms with Crippen molar-refractivity contribution < 1.29 is 57.9 Å². The van der Waals surface area contributed by atoms with Gasteiger partial charge in [-0.1, -0.05) is 32.0 Å². The molecule has 12 nitrogen and oxygen atoms in total. The quantitative estimate of drug-likeness (QED) is 0.198. The molecular weight excluding hydrogens is 624 g/mol. The zero-order chi connectivity index (χ0) is 34.0. The van der Waals surface area contributed by atoms with Gasteiger partial charge in [0.15, 0.2) is 17.5 Å². The lowest BCUT2D eigenvalue weighted by molar-refractivity contribution is -0.346. The Labute approximate surface area is 271 Å². The van der Waals surface area contributed by atoms with Gasteiger partial charge in [-0.2, -0.15) is 0 Å². The Kier molecular flexibility index (Phi) is 8.68. The summed E-state index contributed by atoms with van der Waals surface area (Å²) in [6.07, 6.45) is -7.49. The fraction of sp³-hybridized carbons (Fsp3) is 0.606. The predicted molar refractivity (Wildman–Crippen MR) is 159 cm³/mol. The number of Topliss-reactive ketones (excluding diaryl/α,β-unsaturated/α-hetero) is 1. The summed E-state index contributed by atoms with van der Waals surface area (Å²) in [4.78, 5) is 67.1. The first kappa shape index (κ1) is 34.0. The molecule has 9 atom stereocenters. The minimum atomic E-state index is -2.18. The van der Waals surface area contributed by atoms with E-state index in [0.717, 1.165) is 6.92 Å². The zero-order valence-corrected chi connectivity index (χ0v) is 27.3. The SMILES string of the molecule is CC(=O)O[C@H]1C(=O)[C@]2(C)[C@@H](OC(=O)CCl)C[C@H]3OC[C@@]3(OC(C)=O)[C@H]2[C@H](OC(=O)c2ccccc2)[C@]2(O)C[C@H](O)C(C)=C1C2(C)C. The van der Waals surface area contributed by atoms with E-state index >= 15 is 4.79 Å². The van der Waals surface area contributed by atoms with Gasteiger partial charge in [0.2, 0.25) is 0 Å². The zero-order valence-electron chi connectivity index (χ0n) is 26.5. The van der Waals surface area contributed by atoms with Gasteiger partial charge in [-0.3, -0.25) is 19.2 Å². The Bertz CT molecular complexity index is 1490. The third kappa shape index (κ3) is 4.96. The number of ketones is 1. The number of hydrogen-bond donors (Lipinski definition) is 2. The molecular formula is C33H39ClO12. The third-order valence-corrected chi connectivity index (χ3v) is 10.8. The standard InChI is InChI=1S/C33H39ClO12/c1-16-20(37)13-33(41)28(45-29(40)19-10-8-7-9-11-19)26-31(6,27(39)25(43-17(2)35)24(16)30(33,4)5)21(44-23(38)14-34)12-22-32(26,15-42-22)46-18(3)36/h7-11,20-22,25-26,28,37,41H,12-15H2,1-6H3/t20-,21-,22+,25+,26-,28-,31+,32-,33+/m0/s1. The Balaban J connectivity index is 1.87. The number of aliphatic hydroxyl groups excluding tert-OH is 1. The number of carbonyl (C=O) groups is 5. The molecule has 2 bridgehead atoms. The van der Waals surface area contributed by atoms with Crippen LogP contribution in [0.3, 0.4) is 0 Å². The molecule has 3 aliphatic carbocycles. The maximum Gasteiger partial charge on any atom is 0.338 e. The summed E-state index contributed by atoms with van der Waals surface area (Å²) in [5.41, 5.74) is -6.76. The maximum absolute atomic E-state index is 15.2. The number of benzene rings is 1. The smallest absolute Gasteiger partial charge is 0.338 e. The molecule has 2 N–H and O–H groups in total. The van der Waals surface area contributed by atoms with Gasteiger partial charge in [0.25, 0.3) is 0 Å². The number of rotatable bonds is 6. The minimum Gasteiger partial charge on any atom is -0.460 e. The number of aliphatic hydroxyl groups is 2. The number of carbonyl (C=O) groups excluding carboxylic acids is 5. The van der Waals surface area contributed by atoms with Crippen LogP contribution >= 0.6 is 11.6 Å². The van der Waals surface area contributed by atoms with Crippen molar-refractivity contribution in [2.45, 2.75) is 96.1 Å². The van der Waals surface area contributed by atoms with Gasteiger partial charge in [-0.05, 0) is 37.1 Å². The topological polar surface area (TPSA) is 172 Å². The highest BCUT2D eigenvalue weighted by Gasteiger charge is 2.79. The molecule has 1 aromatic carbocycles. The molecule has 1 aliphatic heterocycles. The van der Waals surface area contributed by atoms with Crippen molar-refractivity contribution in [2.75, 3.05) is 12.5 Å². The van der Waals surface area contributed by atoms with Crippen molar-refractivity contribution >= 4 is 41.3 Å². The predicted octanol–water partition coefficient (Wildman–Crippen LogP) is 2.44. The molecule has 0 aromatic heterocycles. The second-order valence-corrected chi connectivity index (χ2v) is 13.6. The molecule has 1 aromatic rings. The molecule has 1 heterocycles. The molecule has 0 spiro atoms. The molecule has 0 unspecified atom stereocenters. The van der Waals surface area contributed by atoms with Gasteiger partial charge in [0.1, 0.15) is 29.8 Å². The van der Waals surface area contributed by atoms with Gasteiger partial charge in [0.05, 0.1) is 29.6 Å². The van der Waals surface area contributed by atoms with Gasteiger partial charge < -0.3 is 33.9 Å². The molecule has 250 valence electrons. The summed E-state index contributed by atoms with van der Waals surface area (Å²) in [7, 11) is 0. The van der Waals surface area contributed by atoms with Crippen molar-refractivity contribution in [3.05, 3.63) is 47.0 Å². The van der Waals surface area contributed by atoms with Crippen LogP contribution in [0.25, 0.3) is 0 Å². The van der Waals surface area contributed by atoms with E-state index in [1.54, 1.807) is 39.0 Å². The van der Waals surface area contributed by atoms with Crippen molar-refractivity contribution in [2.24, 2.45) is 16.7 Å². The maximum atomic E-state index is 15.2. The van der Waals surface area contributed by atoms with Crippen LogP contribution in [0.15, 0.2) is 41.5 Å². The average molecular weight is 663 g/mol. The van der Waals surface area contributed by atoms with E-state index < -0.39 is 94.0 Å². The summed E-state index contributed by atoms with van der Waals surface area (Å²) in [5, 5.41) is 24.4. The Morgan fingerprint density at radius 1 is 1.02 bits per heavy atom. The summed E-state index contributed by atoms with van der Waals surface area (Å²) >= 11 is 5.82. The molecule has 46 heavy (non-hydrogen) atoms. The second kappa shape index (κ2) is 11.7. The highest BCUT2D eigenvalue weighted by Crippen LogP contribution is 2.64. The van der Waals surface area contributed by atoms with Gasteiger partial charge >= 0.3 is 23.9 Å². The normalized spacial score (nSPS) is 37.7. The summed E-state index contributed by atoms with van der Waals surface area (Å²) in [5.74, 6) is -6.06. The van der Waals surface area contributed by atoms with E-state index in [1.165, 1.54) is 26.0 Å². The highest BCUT2D eigenvalue weighted by atomic mass is 35.5. The van der Waals surface area contributed by atoms with Crippen molar-refractivity contribution in [1.82, 2.24) is 0 Å². The minimum absolute atomic E-state index is 0.116. The number of alkyl halides is 1. The Morgan fingerprint density at radius 3 is 2.22 bits per heavy atom. The molecule has 13 heteroatoms. The molecule has 0 amide bonds. The van der Waals surface area contributed by atoms with Gasteiger partial charge in [0, 0.05) is 32.1 Å². The van der Waals surface area contributed by atoms with Crippen molar-refractivity contribution in [1.29, 1.82) is 0 Å². The van der Waals surface area contributed by atoms with Crippen LogP contribution in [-0.4, -0.2) is 94.1 Å². The Morgan fingerprint density at radius 2 is 1.67 bits per heavy atom. The molecule has 2 saturated carbocycles. The molecule has 1 saturated heterocycles. The monoisotopic (exact) mass is 662 g/mol. The highest BCUT2D eigenvalue weighted by molar-refractivity contribution is 6.26. The summed E-state index contributed by atoms with van der Waals surface area (Å²) < 4.78 is 29.6. The fourth-order valence-corrected chi connectivity index (χ4v) is 8.31. The average Bonchev–Trinajstić information content (AvgIpc) is 2.98. The third-order valence-electron chi connectivity index (χ3n) is 10.6. The van der Waals surface area contributed by atoms with Crippen LogP contribution in [0.4, 0.5) is 0 Å². The molecule has 0 radical (unpaired) electrons. The van der Waals surface area contributed by atoms with Crippen LogP contribution in [-0.2, 0) is 42.9 Å². The molecule has 5 rings (SSSR count). The van der Waals surface area contributed by atoms with Gasteiger partial charge in [-0.15, -0.1) is 11.6 Å². The van der Waals surface area contributed by atoms with E-state index in [1.807, 2.05) is 0 Å². The van der Waals surface area contributed by atoms with Crippen molar-refractivity contribution in [3.63, 3.8) is 0 Å². The fourth-order valence-electron chi connectivity index (χ4n) is 8.25. The largest absolute Gasteiger partial charge is 0.460 e. The lowest BCUT2D eigenvalue weighted by Crippen LogP contribution is -2.82. The summed E-state index contributed by atoms with van der Waals surface area (Å²) in [6.45, 7) is 8.27. The van der Waals surface area contributed by atoms with E-state index in [9.17, 15) is 29.4 Å². The number of fused-ring (bicyclic) bond motifs is 5. The van der Waals surface area contributed by atoms with E-state index in [0.29, 0.717) is 0 Å². The van der Waals surface area contributed by atoms with Crippen molar-refractivity contribution in [3.8, 4) is 0 Å². The number of ether oxygens (including phenoxy) is 5. The Hall–Kier alpha value is -3.32. The van der Waals surface area contributed by atoms with Gasteiger partial charge in [-0.25, -0.2) is 4.79 Å². The number of esters is 4. The van der Waals surface area contributed by atoms with Crippen LogP contribution in [0.5, 0.6) is 0 Å². The van der Waals surface area contributed by atoms with E-state index in [-0.39, 0.29) is 36.2 Å². The van der Waals surface area contributed by atoms with Crippen LogP contribution in [0, 0.1) is 16.7 Å². The van der Waals surface area contributed by atoms with Crippen LogP contribution in [0.1, 0.15) is 64.7 Å². The van der Waals surface area contributed by atoms with E-state index in [4.69, 9.17) is 35.3 Å². The summed E-state index contributed by atoms with van der Waals surface area (Å²) in [6, 6.07) is 7.97. The molecule has 3 fully saturated rings. The number of hydrogen-bond acceptors (Lipinski definition) is 12. The number of halogens is 1. The lowest BCUT2D eigenvalue weighted by Gasteiger charge is -2.67. The van der Waals surface area contributed by atoms with Crippen LogP contribution in [0.2, 0.25) is 0 Å². The first-order chi connectivity index (χ1) is 21.5. The molecule has 4 aliphatic rings. The van der Waals surface area contributed by atoms with E-state index in [2.05, 4.69) is 0 Å². The first-order valence-corrected chi connectivity index (χ1v) is 15.6.